The SMILES string of the molecule is CC1CCN(C(=O)CCCNC(=O)c2ccc(F)cc2F)c2ccccc2S1. The molecule has 0 radical (unpaired) electrons. The van der Waals surface area contributed by atoms with Gasteiger partial charge in [-0.05, 0) is 37.1 Å². The van der Waals surface area contributed by atoms with E-state index in [0.29, 0.717) is 24.3 Å². The molecule has 2 aromatic carbocycles. The van der Waals surface area contributed by atoms with Crippen LogP contribution in [0.3, 0.4) is 0 Å². The number of fused-ring (bicyclic) bond motifs is 1. The Bertz CT molecular complexity index is 875. The minimum Gasteiger partial charge on any atom is -0.352 e. The normalized spacial score (nSPS) is 16.2. The van der Waals surface area contributed by atoms with E-state index < -0.39 is 17.5 Å². The number of rotatable bonds is 5. The number of nitrogens with zero attached hydrogens (tertiary/aromatic N) is 1. The Morgan fingerprint density at radius 3 is 2.79 bits per heavy atom. The van der Waals surface area contributed by atoms with Crippen molar-refractivity contribution in [1.29, 1.82) is 0 Å². The van der Waals surface area contributed by atoms with Crippen LogP contribution in [0.1, 0.15) is 36.5 Å². The minimum absolute atomic E-state index is 0.00404. The number of halogens is 2. The third kappa shape index (κ3) is 4.90. The van der Waals surface area contributed by atoms with Gasteiger partial charge in [0.2, 0.25) is 5.91 Å². The van der Waals surface area contributed by atoms with Crippen LogP contribution in [-0.2, 0) is 4.79 Å². The molecule has 28 heavy (non-hydrogen) atoms. The fourth-order valence-electron chi connectivity index (χ4n) is 3.09. The zero-order chi connectivity index (χ0) is 20.1. The first-order valence-electron chi connectivity index (χ1n) is 9.25. The van der Waals surface area contributed by atoms with E-state index in [-0.39, 0.29) is 24.4 Å². The van der Waals surface area contributed by atoms with Crippen LogP contribution in [0, 0.1) is 11.6 Å². The zero-order valence-electron chi connectivity index (χ0n) is 15.6. The van der Waals surface area contributed by atoms with Crippen LogP contribution in [0.25, 0.3) is 0 Å². The lowest BCUT2D eigenvalue weighted by molar-refractivity contribution is -0.118. The van der Waals surface area contributed by atoms with Crippen molar-refractivity contribution >= 4 is 29.3 Å². The standard InChI is InChI=1S/C21H22F2N2O2S/c1-14-10-12-25(18-5-2-3-6-19(18)28-14)20(26)7-4-11-24-21(27)16-9-8-15(22)13-17(16)23/h2-3,5-6,8-9,13-14H,4,7,10-12H2,1H3,(H,24,27). The second-order valence-corrected chi connectivity index (χ2v) is 8.19. The highest BCUT2D eigenvalue weighted by Gasteiger charge is 2.23. The summed E-state index contributed by atoms with van der Waals surface area (Å²) in [7, 11) is 0. The van der Waals surface area contributed by atoms with Crippen molar-refractivity contribution in [2.75, 3.05) is 18.0 Å². The second kappa shape index (κ2) is 9.19. The van der Waals surface area contributed by atoms with Gasteiger partial charge in [0.15, 0.2) is 0 Å². The number of carbonyl (C=O) groups is 2. The summed E-state index contributed by atoms with van der Waals surface area (Å²) < 4.78 is 26.6. The Kier molecular flexibility index (Phi) is 6.67. The molecule has 0 aromatic heterocycles. The van der Waals surface area contributed by atoms with Gasteiger partial charge in [0.25, 0.3) is 5.91 Å². The van der Waals surface area contributed by atoms with E-state index in [0.717, 1.165) is 29.1 Å². The molecule has 7 heteroatoms. The zero-order valence-corrected chi connectivity index (χ0v) is 16.4. The van der Waals surface area contributed by atoms with Crippen LogP contribution in [0.15, 0.2) is 47.4 Å². The average Bonchev–Trinajstić information content (AvgIpc) is 2.83. The van der Waals surface area contributed by atoms with E-state index in [4.69, 9.17) is 0 Å². The van der Waals surface area contributed by atoms with Gasteiger partial charge in [0, 0.05) is 35.7 Å². The maximum atomic E-state index is 13.6. The molecule has 0 bridgehead atoms. The van der Waals surface area contributed by atoms with E-state index in [2.05, 4.69) is 12.2 Å². The van der Waals surface area contributed by atoms with Crippen molar-refractivity contribution in [3.05, 3.63) is 59.7 Å². The van der Waals surface area contributed by atoms with Gasteiger partial charge in [0.1, 0.15) is 11.6 Å². The van der Waals surface area contributed by atoms with Crippen molar-refractivity contribution in [2.24, 2.45) is 0 Å². The quantitative estimate of drug-likeness (QED) is 0.752. The molecule has 1 atom stereocenters. The molecule has 0 spiro atoms. The van der Waals surface area contributed by atoms with Crippen LogP contribution in [0.4, 0.5) is 14.5 Å². The summed E-state index contributed by atoms with van der Waals surface area (Å²) in [5, 5.41) is 3.01. The highest BCUT2D eigenvalue weighted by Crippen LogP contribution is 2.37. The van der Waals surface area contributed by atoms with Gasteiger partial charge in [0.05, 0.1) is 11.3 Å². The van der Waals surface area contributed by atoms with Gasteiger partial charge in [-0.25, -0.2) is 8.78 Å². The lowest BCUT2D eigenvalue weighted by Gasteiger charge is -2.22. The van der Waals surface area contributed by atoms with Crippen molar-refractivity contribution < 1.29 is 18.4 Å². The molecule has 1 heterocycles. The number of nitrogens with one attached hydrogen (secondary N) is 1. The van der Waals surface area contributed by atoms with E-state index in [1.165, 1.54) is 0 Å². The minimum atomic E-state index is -0.902. The molecule has 1 aliphatic heterocycles. The summed E-state index contributed by atoms with van der Waals surface area (Å²) in [5.41, 5.74) is 0.722. The molecule has 0 aliphatic carbocycles. The van der Waals surface area contributed by atoms with Crippen molar-refractivity contribution in [2.45, 2.75) is 36.3 Å². The van der Waals surface area contributed by atoms with Gasteiger partial charge in [-0.3, -0.25) is 9.59 Å². The molecule has 0 saturated heterocycles. The lowest BCUT2D eigenvalue weighted by Crippen LogP contribution is -2.33. The Balaban J connectivity index is 1.54. The molecule has 4 nitrogen and oxygen atoms in total. The number of benzene rings is 2. The lowest BCUT2D eigenvalue weighted by atomic mass is 10.2. The maximum absolute atomic E-state index is 13.6. The van der Waals surface area contributed by atoms with Crippen LogP contribution >= 0.6 is 11.8 Å². The topological polar surface area (TPSA) is 49.4 Å². The molecule has 2 amide bonds. The first-order valence-corrected chi connectivity index (χ1v) is 10.1. The third-order valence-corrected chi connectivity index (χ3v) is 5.81. The molecule has 0 saturated carbocycles. The van der Waals surface area contributed by atoms with E-state index in [1.54, 1.807) is 11.8 Å². The Morgan fingerprint density at radius 2 is 2.00 bits per heavy atom. The van der Waals surface area contributed by atoms with Gasteiger partial charge < -0.3 is 10.2 Å². The third-order valence-electron chi connectivity index (χ3n) is 4.57. The molecule has 2 aromatic rings. The summed E-state index contributed by atoms with van der Waals surface area (Å²) in [6.07, 6.45) is 1.62. The van der Waals surface area contributed by atoms with Crippen LogP contribution in [-0.4, -0.2) is 30.2 Å². The predicted molar refractivity (Wildman–Crippen MR) is 107 cm³/mol. The second-order valence-electron chi connectivity index (χ2n) is 6.71. The Morgan fingerprint density at radius 1 is 1.21 bits per heavy atom. The fraction of sp³-hybridized carbons (Fsp3) is 0.333. The number of amides is 2. The molecule has 1 aliphatic rings. The van der Waals surface area contributed by atoms with E-state index >= 15 is 0 Å². The van der Waals surface area contributed by atoms with Gasteiger partial charge >= 0.3 is 0 Å². The number of para-hydroxylation sites is 1. The number of thioether (sulfide) groups is 1. The Hall–Kier alpha value is -2.41. The first-order chi connectivity index (χ1) is 13.5. The molecule has 1 unspecified atom stereocenters. The predicted octanol–water partition coefficient (Wildman–Crippen LogP) is 4.39. The number of hydrogen-bond donors (Lipinski definition) is 1. The number of carbonyl (C=O) groups excluding carboxylic acids is 2. The summed E-state index contributed by atoms with van der Waals surface area (Å²) in [6, 6.07) is 10.7. The van der Waals surface area contributed by atoms with Crippen molar-refractivity contribution in [1.82, 2.24) is 5.32 Å². The molecule has 148 valence electrons. The van der Waals surface area contributed by atoms with Crippen molar-refractivity contribution in [3.63, 3.8) is 0 Å². The summed E-state index contributed by atoms with van der Waals surface area (Å²) in [5.74, 6) is -2.24. The molecular formula is C21H22F2N2O2S. The van der Waals surface area contributed by atoms with Crippen molar-refractivity contribution in [3.8, 4) is 0 Å². The van der Waals surface area contributed by atoms with Crippen LogP contribution in [0.5, 0.6) is 0 Å². The summed E-state index contributed by atoms with van der Waals surface area (Å²) >= 11 is 1.77. The molecule has 1 N–H and O–H groups in total. The fourth-order valence-corrected chi connectivity index (χ4v) is 4.20. The number of anilines is 1. The maximum Gasteiger partial charge on any atom is 0.254 e. The molecule has 0 fully saturated rings. The first kappa shape index (κ1) is 20.3. The number of hydrogen-bond acceptors (Lipinski definition) is 3. The largest absolute Gasteiger partial charge is 0.352 e. The highest BCUT2D eigenvalue weighted by atomic mass is 32.2. The van der Waals surface area contributed by atoms with Crippen LogP contribution < -0.4 is 10.2 Å². The van der Waals surface area contributed by atoms with Crippen LogP contribution in [0.2, 0.25) is 0 Å². The van der Waals surface area contributed by atoms with Gasteiger partial charge in [-0.15, -0.1) is 11.8 Å². The van der Waals surface area contributed by atoms with E-state index in [9.17, 15) is 18.4 Å². The Labute approximate surface area is 167 Å². The average molecular weight is 404 g/mol. The van der Waals surface area contributed by atoms with Gasteiger partial charge in [-0.2, -0.15) is 0 Å². The van der Waals surface area contributed by atoms with Gasteiger partial charge in [-0.1, -0.05) is 19.1 Å². The summed E-state index contributed by atoms with van der Waals surface area (Å²) in [4.78, 5) is 27.6. The highest BCUT2D eigenvalue weighted by molar-refractivity contribution is 8.00. The molecule has 3 rings (SSSR count). The van der Waals surface area contributed by atoms with E-state index in [1.807, 2.05) is 29.2 Å². The monoisotopic (exact) mass is 404 g/mol. The molecular weight excluding hydrogens is 382 g/mol. The summed E-state index contributed by atoms with van der Waals surface area (Å²) in [6.45, 7) is 3.05. The smallest absolute Gasteiger partial charge is 0.254 e.